The smallest absolute Gasteiger partial charge is 0.343 e. The summed E-state index contributed by atoms with van der Waals surface area (Å²) in [5.41, 5.74) is 1.86. The molecule has 0 aromatic heterocycles. The number of unbranched alkanes of at least 4 members (excludes halogenated alkanes) is 24. The maximum atomic E-state index is 13.1. The van der Waals surface area contributed by atoms with Gasteiger partial charge in [-0.05, 0) is 244 Å². The summed E-state index contributed by atoms with van der Waals surface area (Å²) in [6.45, 7) is 6.79. The molecule has 0 fully saturated rings. The fourth-order valence-corrected chi connectivity index (χ4v) is 12.9. The van der Waals surface area contributed by atoms with Crippen LogP contribution in [-0.2, 0) is 0 Å². The normalized spacial score (nSPS) is 10.9. The molecule has 0 aliphatic rings. The molecule has 0 bridgehead atoms. The van der Waals surface area contributed by atoms with Gasteiger partial charge in [0.05, 0.1) is 70.9 Å². The maximum absolute atomic E-state index is 13.1. The Hall–Kier alpha value is -12.8. The van der Waals surface area contributed by atoms with Gasteiger partial charge in [-0.25, -0.2) is 38.4 Å². The van der Waals surface area contributed by atoms with Crippen LogP contribution < -0.4 is 56.8 Å². The highest BCUT2D eigenvalue weighted by molar-refractivity contribution is 5.97. The van der Waals surface area contributed by atoms with Gasteiger partial charge < -0.3 is 56.8 Å². The second-order valence-corrected chi connectivity index (χ2v) is 29.5. The van der Waals surface area contributed by atoms with E-state index in [1.165, 1.54) is 224 Å². The summed E-state index contributed by atoms with van der Waals surface area (Å²) in [6, 6.07) is 62.8. The van der Waals surface area contributed by atoms with Crippen LogP contribution in [0.2, 0.25) is 0 Å². The quantitative estimate of drug-likeness (QED) is 0.0195. The summed E-state index contributed by atoms with van der Waals surface area (Å²) < 4.78 is 68.2. The molecule has 0 saturated carbocycles. The summed E-state index contributed by atoms with van der Waals surface area (Å²) in [4.78, 5) is 104. The molecule has 0 aliphatic heterocycles. The molecule has 20 heteroatoms. The van der Waals surface area contributed by atoms with Gasteiger partial charge in [-0.3, -0.25) is 0 Å². The number of carbonyl (C=O) groups excluding carboxylic acids is 8. The van der Waals surface area contributed by atoms with E-state index in [0.717, 1.165) is 70.6 Å². The lowest BCUT2D eigenvalue weighted by molar-refractivity contribution is 0.0711. The van der Waals surface area contributed by atoms with Crippen molar-refractivity contribution in [3.63, 3.8) is 0 Å². The van der Waals surface area contributed by atoms with E-state index in [1.54, 1.807) is 121 Å². The average molecular weight is 1640 g/mol. The third kappa shape index (κ3) is 32.4. The molecule has 121 heavy (non-hydrogen) atoms. The zero-order valence-electron chi connectivity index (χ0n) is 69.2. The largest absolute Gasteiger partial charge is 0.494 e. The SMILES string of the molecule is CCCCCCCCCCCCOc1ccc(C(=O)Oc2ccc(C(=O)Oc3cccc(OC(=O)c4ccc(C(=O)Oc5ccc(OCCCCCCCCCOc6ccc(OC(=O)c7ccc(C(=O)Oc8cccc(OC(=O)c9ccc(OC(=O)c%10ccc(OCCCCCCCCCCCC)cc%10)cc9)c8)cc7)cc6)cc5)cc4)c3)cc2)cc1. The molecule has 10 aromatic carbocycles. The molecule has 10 rings (SSSR count). The van der Waals surface area contributed by atoms with Crippen molar-refractivity contribution in [2.45, 2.75) is 187 Å². The number of benzene rings is 10. The first-order chi connectivity index (χ1) is 59.2. The van der Waals surface area contributed by atoms with Crippen LogP contribution >= 0.6 is 0 Å². The summed E-state index contributed by atoms with van der Waals surface area (Å²) in [7, 11) is 0. The minimum absolute atomic E-state index is 0.119. The van der Waals surface area contributed by atoms with Crippen molar-refractivity contribution >= 4 is 47.8 Å². The van der Waals surface area contributed by atoms with Crippen molar-refractivity contribution in [2.24, 2.45) is 0 Å². The topological polar surface area (TPSA) is 247 Å². The Balaban J connectivity index is 0.528. The van der Waals surface area contributed by atoms with Gasteiger partial charge in [-0.2, -0.15) is 0 Å². The molecule has 0 saturated heterocycles. The van der Waals surface area contributed by atoms with Crippen LogP contribution in [0.1, 0.15) is 270 Å². The minimum Gasteiger partial charge on any atom is -0.494 e. The first-order valence-electron chi connectivity index (χ1n) is 42.5. The molecule has 0 atom stereocenters. The highest BCUT2D eigenvalue weighted by atomic mass is 16.6. The lowest BCUT2D eigenvalue weighted by Gasteiger charge is -2.10. The molecular weight excluding hydrogens is 1530 g/mol. The Labute approximate surface area is 709 Å². The van der Waals surface area contributed by atoms with Crippen LogP contribution in [0, 0.1) is 0 Å². The number of ether oxygens (including phenoxy) is 12. The van der Waals surface area contributed by atoms with Crippen LogP contribution in [0.25, 0.3) is 0 Å². The van der Waals surface area contributed by atoms with Gasteiger partial charge in [-0.1, -0.05) is 174 Å². The molecule has 0 radical (unpaired) electrons. The molecule has 0 amide bonds. The summed E-state index contributed by atoms with van der Waals surface area (Å²) in [6.07, 6.45) is 32.0. The van der Waals surface area contributed by atoms with Crippen LogP contribution in [0.15, 0.2) is 243 Å². The van der Waals surface area contributed by atoms with E-state index < -0.39 is 47.8 Å². The molecule has 0 N–H and O–H groups in total. The van der Waals surface area contributed by atoms with Gasteiger partial charge >= 0.3 is 47.8 Å². The molecule has 10 aromatic rings. The van der Waals surface area contributed by atoms with E-state index in [0.29, 0.717) is 72.1 Å². The van der Waals surface area contributed by atoms with E-state index in [1.807, 2.05) is 0 Å². The monoisotopic (exact) mass is 1640 g/mol. The number of carbonyl (C=O) groups is 8. The highest BCUT2D eigenvalue weighted by Gasteiger charge is 2.20. The van der Waals surface area contributed by atoms with Gasteiger partial charge in [0.15, 0.2) is 0 Å². The zero-order valence-corrected chi connectivity index (χ0v) is 69.2. The van der Waals surface area contributed by atoms with Crippen molar-refractivity contribution in [3.8, 4) is 69.0 Å². The Morgan fingerprint density at radius 3 is 0.496 bits per heavy atom. The molecule has 0 spiro atoms. The van der Waals surface area contributed by atoms with Gasteiger partial charge in [0.1, 0.15) is 69.0 Å². The van der Waals surface area contributed by atoms with Crippen molar-refractivity contribution < 1.29 is 95.2 Å². The molecule has 20 nitrogen and oxygen atoms in total. The zero-order chi connectivity index (χ0) is 84.9. The van der Waals surface area contributed by atoms with Crippen molar-refractivity contribution in [1.82, 2.24) is 0 Å². The Bertz CT molecular complexity index is 4540. The van der Waals surface area contributed by atoms with Crippen molar-refractivity contribution in [3.05, 3.63) is 287 Å². The highest BCUT2D eigenvalue weighted by Crippen LogP contribution is 2.29. The minimum atomic E-state index is -0.704. The lowest BCUT2D eigenvalue weighted by Crippen LogP contribution is -2.12. The van der Waals surface area contributed by atoms with Crippen molar-refractivity contribution in [1.29, 1.82) is 0 Å². The first-order valence-corrected chi connectivity index (χ1v) is 42.5. The predicted octanol–water partition coefficient (Wildman–Crippen LogP) is 24.2. The molecule has 0 heterocycles. The summed E-state index contributed by atoms with van der Waals surface area (Å²) in [5.74, 6) is -0.854. The molecule has 632 valence electrons. The van der Waals surface area contributed by atoms with E-state index in [-0.39, 0.29) is 67.9 Å². The first kappa shape index (κ1) is 90.5. The number of hydrogen-bond donors (Lipinski definition) is 0. The maximum Gasteiger partial charge on any atom is 0.343 e. The van der Waals surface area contributed by atoms with E-state index in [2.05, 4.69) is 13.8 Å². The Morgan fingerprint density at radius 1 is 0.165 bits per heavy atom. The summed E-state index contributed by atoms with van der Waals surface area (Å²) >= 11 is 0. The van der Waals surface area contributed by atoms with Crippen LogP contribution in [-0.4, -0.2) is 74.2 Å². The standard InChI is InChI=1S/C101H108O20/c1-3-5-7-9-11-13-15-18-22-26-68-110-82-52-44-78(45-53-82)96(104)114-86-56-48-80(49-57-86)100(108)120-92-34-30-32-90(72-92)118-98(106)76-40-36-74(37-41-76)94(102)116-88-64-60-84(61-65-88)112-70-28-24-20-17-21-25-29-71-113-85-62-66-89(67-63-85)117-95(103)75-38-42-77(43-39-75)99(107)119-91-33-31-35-93(73-91)121-101(109)81-50-58-87(59-51-81)115-97(105)79-46-54-83(55-47-79)111-69-27-23-19-16-14-12-10-8-6-4-2/h30-67,72-73H,3-29,68-71H2,1-2H3. The van der Waals surface area contributed by atoms with Gasteiger partial charge in [0.25, 0.3) is 0 Å². The fourth-order valence-electron chi connectivity index (χ4n) is 12.9. The number of rotatable bonds is 52. The second kappa shape index (κ2) is 50.8. The molecular formula is C101H108O20. The average Bonchev–Trinajstić information content (AvgIpc) is 0.848. The molecule has 0 aliphatic carbocycles. The van der Waals surface area contributed by atoms with E-state index in [9.17, 15) is 38.4 Å². The van der Waals surface area contributed by atoms with Crippen LogP contribution in [0.3, 0.4) is 0 Å². The lowest BCUT2D eigenvalue weighted by atomic mass is 10.1. The molecule has 0 unspecified atom stereocenters. The Kier molecular flexibility index (Phi) is 38.0. The third-order valence-corrected chi connectivity index (χ3v) is 19.9. The van der Waals surface area contributed by atoms with Crippen molar-refractivity contribution in [2.75, 3.05) is 26.4 Å². The van der Waals surface area contributed by atoms with E-state index >= 15 is 0 Å². The van der Waals surface area contributed by atoms with Gasteiger partial charge in [-0.15, -0.1) is 0 Å². The number of esters is 8. The fraction of sp³-hybridized carbons (Fsp3) is 0.327. The predicted molar refractivity (Wildman–Crippen MR) is 462 cm³/mol. The second-order valence-electron chi connectivity index (χ2n) is 29.5. The Morgan fingerprint density at radius 2 is 0.306 bits per heavy atom. The van der Waals surface area contributed by atoms with Gasteiger partial charge in [0.2, 0.25) is 0 Å². The van der Waals surface area contributed by atoms with E-state index in [4.69, 9.17) is 56.8 Å². The van der Waals surface area contributed by atoms with Crippen LogP contribution in [0.5, 0.6) is 69.0 Å². The van der Waals surface area contributed by atoms with Gasteiger partial charge in [0, 0.05) is 12.1 Å². The number of hydrogen-bond acceptors (Lipinski definition) is 20. The van der Waals surface area contributed by atoms with Crippen LogP contribution in [0.4, 0.5) is 0 Å². The third-order valence-electron chi connectivity index (χ3n) is 19.9. The summed E-state index contributed by atoms with van der Waals surface area (Å²) in [5, 5.41) is 0.